The minimum Gasteiger partial charge on any atom is -0.353 e. The molecule has 160 valence electrons. The quantitative estimate of drug-likeness (QED) is 0.779. The number of anilines is 1. The van der Waals surface area contributed by atoms with Crippen LogP contribution in [-0.2, 0) is 10.0 Å². The first-order valence-corrected chi connectivity index (χ1v) is 11.7. The molecule has 1 saturated carbocycles. The molecule has 1 aromatic carbocycles. The Morgan fingerprint density at radius 3 is 2.37 bits per heavy atom. The van der Waals surface area contributed by atoms with Crippen LogP contribution < -0.4 is 9.62 Å². The van der Waals surface area contributed by atoms with Gasteiger partial charge in [-0.2, -0.15) is 0 Å². The second-order valence-corrected chi connectivity index (χ2v) is 9.78. The highest BCUT2D eigenvalue weighted by molar-refractivity contribution is 7.89. The maximum atomic E-state index is 13.2. The van der Waals surface area contributed by atoms with Crippen LogP contribution in [0.1, 0.15) is 40.3 Å². The molecule has 0 atom stereocenters. The summed E-state index contributed by atoms with van der Waals surface area (Å²) >= 11 is 0. The van der Waals surface area contributed by atoms with Gasteiger partial charge in [0.25, 0.3) is 5.91 Å². The summed E-state index contributed by atoms with van der Waals surface area (Å²) in [6.07, 6.45) is 1.74. The summed E-state index contributed by atoms with van der Waals surface area (Å²) in [6.45, 7) is 8.10. The lowest BCUT2D eigenvalue weighted by molar-refractivity contribution is 0.0745. The van der Waals surface area contributed by atoms with Gasteiger partial charge in [-0.05, 0) is 51.3 Å². The lowest BCUT2D eigenvalue weighted by atomic mass is 10.1. The second kappa shape index (κ2) is 7.96. The van der Waals surface area contributed by atoms with Crippen LogP contribution in [0.5, 0.6) is 0 Å². The van der Waals surface area contributed by atoms with Crippen LogP contribution in [-0.4, -0.2) is 61.4 Å². The molecule has 30 heavy (non-hydrogen) atoms. The van der Waals surface area contributed by atoms with E-state index >= 15 is 0 Å². The molecule has 9 heteroatoms. The molecule has 1 N–H and O–H groups in total. The standard InChI is InChI=1S/C21H27N5O3S/c1-14-4-7-18(30(28,29)24-17-5-6-17)13-19(14)21(27)26-10-8-25(9-11-26)20-12-15(2)22-16(3)23-20/h4,7,12-13,17,24H,5-6,8-11H2,1-3H3. The van der Waals surface area contributed by atoms with E-state index in [2.05, 4.69) is 19.6 Å². The number of amides is 1. The van der Waals surface area contributed by atoms with E-state index in [4.69, 9.17) is 0 Å². The number of nitrogens with zero attached hydrogens (tertiary/aromatic N) is 4. The normalized spacial score (nSPS) is 17.3. The molecule has 1 aliphatic heterocycles. The molecule has 0 spiro atoms. The predicted octanol–water partition coefficient (Wildman–Crippen LogP) is 1.80. The molecule has 4 rings (SSSR count). The number of piperazine rings is 1. The van der Waals surface area contributed by atoms with Crippen molar-refractivity contribution in [1.82, 2.24) is 19.6 Å². The van der Waals surface area contributed by atoms with E-state index < -0.39 is 10.0 Å². The number of hydrogen-bond donors (Lipinski definition) is 1. The Labute approximate surface area is 177 Å². The number of aromatic nitrogens is 2. The highest BCUT2D eigenvalue weighted by Crippen LogP contribution is 2.24. The van der Waals surface area contributed by atoms with Crippen molar-refractivity contribution in [2.24, 2.45) is 0 Å². The van der Waals surface area contributed by atoms with Gasteiger partial charge in [-0.3, -0.25) is 4.79 Å². The van der Waals surface area contributed by atoms with E-state index in [1.807, 2.05) is 26.8 Å². The molecular weight excluding hydrogens is 402 g/mol. The van der Waals surface area contributed by atoms with Crippen LogP contribution in [0.2, 0.25) is 0 Å². The van der Waals surface area contributed by atoms with Gasteiger partial charge >= 0.3 is 0 Å². The number of aryl methyl sites for hydroxylation is 3. The van der Waals surface area contributed by atoms with Crippen molar-refractivity contribution in [3.8, 4) is 0 Å². The fourth-order valence-corrected chi connectivity index (χ4v) is 4.99. The van der Waals surface area contributed by atoms with Gasteiger partial charge in [-0.15, -0.1) is 0 Å². The van der Waals surface area contributed by atoms with Gasteiger partial charge in [0.2, 0.25) is 10.0 Å². The summed E-state index contributed by atoms with van der Waals surface area (Å²) in [5.74, 6) is 1.48. The van der Waals surface area contributed by atoms with Gasteiger partial charge in [0, 0.05) is 49.5 Å². The lowest BCUT2D eigenvalue weighted by Crippen LogP contribution is -2.49. The van der Waals surface area contributed by atoms with Gasteiger partial charge in [-0.1, -0.05) is 6.07 Å². The van der Waals surface area contributed by atoms with Crippen LogP contribution >= 0.6 is 0 Å². The molecule has 1 amide bonds. The van der Waals surface area contributed by atoms with Crippen molar-refractivity contribution in [1.29, 1.82) is 0 Å². The largest absolute Gasteiger partial charge is 0.353 e. The summed E-state index contributed by atoms with van der Waals surface area (Å²) in [5, 5.41) is 0. The zero-order chi connectivity index (χ0) is 21.5. The Bertz CT molecular complexity index is 1050. The van der Waals surface area contributed by atoms with Crippen LogP contribution in [0.4, 0.5) is 5.82 Å². The van der Waals surface area contributed by atoms with Gasteiger partial charge in [0.1, 0.15) is 11.6 Å². The molecule has 2 fully saturated rings. The van der Waals surface area contributed by atoms with Crippen molar-refractivity contribution >= 4 is 21.7 Å². The SMILES string of the molecule is Cc1cc(N2CCN(C(=O)c3cc(S(=O)(=O)NC4CC4)ccc3C)CC2)nc(C)n1. The highest BCUT2D eigenvalue weighted by Gasteiger charge is 2.29. The zero-order valence-electron chi connectivity index (χ0n) is 17.6. The Morgan fingerprint density at radius 1 is 1.03 bits per heavy atom. The number of rotatable bonds is 5. The Hall–Kier alpha value is -2.52. The maximum Gasteiger partial charge on any atom is 0.254 e. The minimum absolute atomic E-state index is 0.0256. The van der Waals surface area contributed by atoms with Crippen LogP contribution in [0, 0.1) is 20.8 Å². The van der Waals surface area contributed by atoms with Gasteiger partial charge in [-0.25, -0.2) is 23.1 Å². The van der Waals surface area contributed by atoms with E-state index in [0.29, 0.717) is 31.7 Å². The van der Waals surface area contributed by atoms with E-state index in [1.165, 1.54) is 6.07 Å². The molecule has 0 unspecified atom stereocenters. The molecular formula is C21H27N5O3S. The first-order valence-electron chi connectivity index (χ1n) is 10.2. The monoisotopic (exact) mass is 429 g/mol. The molecule has 2 heterocycles. The van der Waals surface area contributed by atoms with Crippen molar-refractivity contribution in [2.75, 3.05) is 31.1 Å². The van der Waals surface area contributed by atoms with Gasteiger partial charge < -0.3 is 9.80 Å². The number of benzene rings is 1. The van der Waals surface area contributed by atoms with Crippen molar-refractivity contribution in [3.63, 3.8) is 0 Å². The van der Waals surface area contributed by atoms with Gasteiger partial charge in [0.15, 0.2) is 0 Å². The van der Waals surface area contributed by atoms with Crippen molar-refractivity contribution in [2.45, 2.75) is 44.6 Å². The fraction of sp³-hybridized carbons (Fsp3) is 0.476. The van der Waals surface area contributed by atoms with E-state index in [1.54, 1.807) is 17.0 Å². The number of carbonyl (C=O) groups is 1. The number of carbonyl (C=O) groups excluding carboxylic acids is 1. The minimum atomic E-state index is -3.60. The summed E-state index contributed by atoms with van der Waals surface area (Å²) in [4.78, 5) is 26.1. The average Bonchev–Trinajstić information content (AvgIpc) is 3.50. The van der Waals surface area contributed by atoms with Crippen LogP contribution in [0.3, 0.4) is 0 Å². The topological polar surface area (TPSA) is 95.5 Å². The third-order valence-electron chi connectivity index (χ3n) is 5.49. The molecule has 0 bridgehead atoms. The van der Waals surface area contributed by atoms with Crippen LogP contribution in [0.25, 0.3) is 0 Å². The van der Waals surface area contributed by atoms with Crippen LogP contribution in [0.15, 0.2) is 29.2 Å². The molecule has 2 aromatic rings. The summed E-state index contributed by atoms with van der Waals surface area (Å²) in [7, 11) is -3.60. The third-order valence-corrected chi connectivity index (χ3v) is 7.01. The Morgan fingerprint density at radius 2 is 1.73 bits per heavy atom. The maximum absolute atomic E-state index is 13.2. The van der Waals surface area contributed by atoms with Crippen molar-refractivity contribution in [3.05, 3.63) is 46.9 Å². The average molecular weight is 430 g/mol. The number of nitrogens with one attached hydrogen (secondary N) is 1. The van der Waals surface area contributed by atoms with E-state index in [0.717, 1.165) is 35.7 Å². The predicted molar refractivity (Wildman–Crippen MR) is 114 cm³/mol. The molecule has 2 aliphatic rings. The summed E-state index contributed by atoms with van der Waals surface area (Å²) in [6, 6.07) is 6.76. The van der Waals surface area contributed by atoms with E-state index in [9.17, 15) is 13.2 Å². The first-order chi connectivity index (χ1) is 14.2. The fourth-order valence-electron chi connectivity index (χ4n) is 3.66. The molecule has 1 saturated heterocycles. The number of sulfonamides is 1. The molecule has 8 nitrogen and oxygen atoms in total. The number of hydrogen-bond acceptors (Lipinski definition) is 6. The zero-order valence-corrected chi connectivity index (χ0v) is 18.4. The Kier molecular flexibility index (Phi) is 5.50. The Balaban J connectivity index is 1.48. The van der Waals surface area contributed by atoms with E-state index in [-0.39, 0.29) is 16.8 Å². The smallest absolute Gasteiger partial charge is 0.254 e. The van der Waals surface area contributed by atoms with Gasteiger partial charge in [0.05, 0.1) is 4.90 Å². The third kappa shape index (κ3) is 4.46. The molecule has 1 aromatic heterocycles. The molecule has 0 radical (unpaired) electrons. The first kappa shape index (κ1) is 20.7. The second-order valence-electron chi connectivity index (χ2n) is 8.07. The summed E-state index contributed by atoms with van der Waals surface area (Å²) < 4.78 is 27.8. The summed E-state index contributed by atoms with van der Waals surface area (Å²) in [5.41, 5.74) is 2.13. The highest BCUT2D eigenvalue weighted by atomic mass is 32.2. The van der Waals surface area contributed by atoms with Crippen molar-refractivity contribution < 1.29 is 13.2 Å². The lowest BCUT2D eigenvalue weighted by Gasteiger charge is -2.35. The molecule has 1 aliphatic carbocycles.